The van der Waals surface area contributed by atoms with Crippen LogP contribution in [0.15, 0.2) is 69.9 Å². The minimum atomic E-state index is -0.677. The Bertz CT molecular complexity index is 1530. The number of fused-ring (bicyclic) bond motifs is 2. The largest absolute Gasteiger partial charge is 0.493 e. The van der Waals surface area contributed by atoms with Crippen molar-refractivity contribution in [3.8, 4) is 11.5 Å². The minimum absolute atomic E-state index is 0.0704. The van der Waals surface area contributed by atoms with Crippen molar-refractivity contribution in [2.45, 2.75) is 33.7 Å². The van der Waals surface area contributed by atoms with Gasteiger partial charge in [-0.3, -0.25) is 14.5 Å². The van der Waals surface area contributed by atoms with Crippen molar-refractivity contribution in [3.63, 3.8) is 0 Å². The smallest absolute Gasteiger partial charge is 0.295 e. The van der Waals surface area contributed by atoms with Crippen molar-refractivity contribution in [2.75, 3.05) is 18.6 Å². The summed E-state index contributed by atoms with van der Waals surface area (Å²) in [5.41, 5.74) is 4.11. The summed E-state index contributed by atoms with van der Waals surface area (Å²) in [5, 5.41) is 0.444. The summed E-state index contributed by atoms with van der Waals surface area (Å²) in [6, 6.07) is 17.7. The maximum atomic E-state index is 13.8. The fraction of sp³-hybridized carbons (Fsp3) is 0.267. The SMILES string of the molecule is COc1cc(C2c3c(oc4ccccc4c3=O)C(=O)N2c2ccc(C)c(C)c2)ccc1OCC(C)C. The molecule has 0 saturated heterocycles. The number of carbonyl (C=O) groups is 1. The first kappa shape index (κ1) is 23.7. The molecule has 0 aliphatic carbocycles. The Morgan fingerprint density at radius 1 is 0.944 bits per heavy atom. The van der Waals surface area contributed by atoms with Gasteiger partial charge in [0.15, 0.2) is 16.9 Å². The highest BCUT2D eigenvalue weighted by Gasteiger charge is 2.44. The zero-order valence-electron chi connectivity index (χ0n) is 21.1. The molecule has 0 N–H and O–H groups in total. The van der Waals surface area contributed by atoms with E-state index in [9.17, 15) is 9.59 Å². The molecule has 1 atom stereocenters. The van der Waals surface area contributed by atoms with Gasteiger partial charge in [-0.05, 0) is 72.9 Å². The fourth-order valence-corrected chi connectivity index (χ4v) is 4.61. The molecule has 6 nitrogen and oxygen atoms in total. The summed E-state index contributed by atoms with van der Waals surface area (Å²) in [6.45, 7) is 8.73. The molecule has 0 fully saturated rings. The van der Waals surface area contributed by atoms with Crippen LogP contribution in [0.25, 0.3) is 11.0 Å². The van der Waals surface area contributed by atoms with Gasteiger partial charge in [0.1, 0.15) is 5.58 Å². The summed E-state index contributed by atoms with van der Waals surface area (Å²) < 4.78 is 17.6. The monoisotopic (exact) mass is 483 g/mol. The van der Waals surface area contributed by atoms with Gasteiger partial charge in [0.2, 0.25) is 5.76 Å². The normalized spacial score (nSPS) is 15.0. The second-order valence-electron chi connectivity index (χ2n) is 9.63. The van der Waals surface area contributed by atoms with E-state index in [0.717, 1.165) is 16.7 Å². The van der Waals surface area contributed by atoms with E-state index >= 15 is 0 Å². The average molecular weight is 484 g/mol. The van der Waals surface area contributed by atoms with E-state index in [4.69, 9.17) is 13.9 Å². The number of aryl methyl sites for hydroxylation is 2. The highest BCUT2D eigenvalue weighted by Crippen LogP contribution is 2.43. The first-order chi connectivity index (χ1) is 17.3. The van der Waals surface area contributed by atoms with Crippen LogP contribution in [0.4, 0.5) is 5.69 Å². The second kappa shape index (κ2) is 9.19. The molecule has 184 valence electrons. The highest BCUT2D eigenvalue weighted by molar-refractivity contribution is 6.10. The number of amides is 1. The van der Waals surface area contributed by atoms with Crippen LogP contribution in [-0.2, 0) is 0 Å². The van der Waals surface area contributed by atoms with Gasteiger partial charge in [-0.25, -0.2) is 0 Å². The predicted octanol–water partition coefficient (Wildman–Crippen LogP) is 6.20. The Balaban J connectivity index is 1.73. The van der Waals surface area contributed by atoms with Gasteiger partial charge < -0.3 is 13.9 Å². The number of ether oxygens (including phenoxy) is 2. The Morgan fingerprint density at radius 3 is 2.44 bits per heavy atom. The molecule has 0 spiro atoms. The number of carbonyl (C=O) groups excluding carboxylic acids is 1. The lowest BCUT2D eigenvalue weighted by molar-refractivity contribution is 0.0971. The minimum Gasteiger partial charge on any atom is -0.493 e. The van der Waals surface area contributed by atoms with Crippen LogP contribution in [0.2, 0.25) is 0 Å². The predicted molar refractivity (Wildman–Crippen MR) is 140 cm³/mol. The molecule has 2 heterocycles. The van der Waals surface area contributed by atoms with Crippen molar-refractivity contribution in [3.05, 3.63) is 98.9 Å². The Morgan fingerprint density at radius 2 is 1.72 bits per heavy atom. The fourth-order valence-electron chi connectivity index (χ4n) is 4.61. The number of hydrogen-bond acceptors (Lipinski definition) is 5. The molecule has 1 amide bonds. The Kier molecular flexibility index (Phi) is 6.04. The lowest BCUT2D eigenvalue weighted by Crippen LogP contribution is -2.29. The third kappa shape index (κ3) is 3.92. The summed E-state index contributed by atoms with van der Waals surface area (Å²) in [5.74, 6) is 1.23. The van der Waals surface area contributed by atoms with Crippen LogP contribution in [0.5, 0.6) is 11.5 Å². The van der Waals surface area contributed by atoms with Crippen molar-refractivity contribution < 1.29 is 18.7 Å². The highest BCUT2D eigenvalue weighted by atomic mass is 16.5. The van der Waals surface area contributed by atoms with Gasteiger partial charge in [0.05, 0.1) is 30.7 Å². The molecular formula is C30H29NO5. The summed E-state index contributed by atoms with van der Waals surface area (Å²) in [4.78, 5) is 29.2. The third-order valence-electron chi connectivity index (χ3n) is 6.62. The maximum Gasteiger partial charge on any atom is 0.295 e. The molecule has 0 saturated carbocycles. The van der Waals surface area contributed by atoms with Crippen molar-refractivity contribution in [1.82, 2.24) is 0 Å². The molecule has 3 aromatic carbocycles. The molecule has 1 aliphatic rings. The molecule has 4 aromatic rings. The Hall–Kier alpha value is -4.06. The lowest BCUT2D eigenvalue weighted by Gasteiger charge is -2.26. The lowest BCUT2D eigenvalue weighted by atomic mass is 9.97. The molecule has 1 aliphatic heterocycles. The first-order valence-electron chi connectivity index (χ1n) is 12.1. The molecule has 6 heteroatoms. The molecule has 1 unspecified atom stereocenters. The van der Waals surface area contributed by atoms with Crippen LogP contribution in [0.3, 0.4) is 0 Å². The first-order valence-corrected chi connectivity index (χ1v) is 12.1. The number of nitrogens with zero attached hydrogens (tertiary/aromatic N) is 1. The average Bonchev–Trinajstić information content (AvgIpc) is 3.16. The summed E-state index contributed by atoms with van der Waals surface area (Å²) in [7, 11) is 1.58. The van der Waals surface area contributed by atoms with Crippen molar-refractivity contribution in [1.29, 1.82) is 0 Å². The summed E-state index contributed by atoms with van der Waals surface area (Å²) >= 11 is 0. The van der Waals surface area contributed by atoms with Crippen LogP contribution in [0.1, 0.15) is 52.7 Å². The summed E-state index contributed by atoms with van der Waals surface area (Å²) in [6.07, 6.45) is 0. The van der Waals surface area contributed by atoms with Crippen LogP contribution >= 0.6 is 0 Å². The van der Waals surface area contributed by atoms with Gasteiger partial charge in [-0.2, -0.15) is 0 Å². The van der Waals surface area contributed by atoms with E-state index in [1.807, 2.05) is 50.2 Å². The van der Waals surface area contributed by atoms with Crippen molar-refractivity contribution in [2.24, 2.45) is 5.92 Å². The number of anilines is 1. The van der Waals surface area contributed by atoms with E-state index < -0.39 is 6.04 Å². The third-order valence-corrected chi connectivity index (χ3v) is 6.62. The van der Waals surface area contributed by atoms with Gasteiger partial charge in [-0.1, -0.05) is 38.1 Å². The second-order valence-corrected chi connectivity index (χ2v) is 9.63. The maximum absolute atomic E-state index is 13.8. The van der Waals surface area contributed by atoms with Gasteiger partial charge in [0, 0.05) is 5.69 Å². The zero-order chi connectivity index (χ0) is 25.6. The van der Waals surface area contributed by atoms with E-state index in [1.54, 1.807) is 36.3 Å². The molecule has 5 rings (SSSR count). The van der Waals surface area contributed by atoms with Crippen LogP contribution in [-0.4, -0.2) is 19.6 Å². The topological polar surface area (TPSA) is 69.0 Å². The quantitative estimate of drug-likeness (QED) is 0.326. The van der Waals surface area contributed by atoms with Crippen LogP contribution in [0, 0.1) is 19.8 Å². The van der Waals surface area contributed by atoms with Crippen molar-refractivity contribution >= 4 is 22.6 Å². The molecular weight excluding hydrogens is 454 g/mol. The van der Waals surface area contributed by atoms with E-state index in [1.165, 1.54) is 0 Å². The Labute approximate surface area is 210 Å². The van der Waals surface area contributed by atoms with E-state index in [0.29, 0.717) is 46.2 Å². The number of para-hydroxylation sites is 1. The molecule has 0 bridgehead atoms. The number of methoxy groups -OCH3 is 1. The zero-order valence-corrected chi connectivity index (χ0v) is 21.1. The number of benzene rings is 3. The van der Waals surface area contributed by atoms with Gasteiger partial charge >= 0.3 is 0 Å². The standard InChI is InChI=1S/C30H29NO5/c1-17(2)16-35-24-13-11-20(15-25(24)34-5)27-26-28(32)22-8-6-7-9-23(22)36-29(26)30(33)31(27)21-12-10-18(3)19(4)14-21/h6-15,17,27H,16H2,1-5H3. The number of rotatable bonds is 6. The van der Waals surface area contributed by atoms with Gasteiger partial charge in [0.25, 0.3) is 5.91 Å². The molecule has 36 heavy (non-hydrogen) atoms. The van der Waals surface area contributed by atoms with E-state index in [2.05, 4.69) is 13.8 Å². The molecule has 0 radical (unpaired) electrons. The van der Waals surface area contributed by atoms with Gasteiger partial charge in [-0.15, -0.1) is 0 Å². The van der Waals surface area contributed by atoms with E-state index in [-0.39, 0.29) is 17.1 Å². The number of hydrogen-bond donors (Lipinski definition) is 0. The molecule has 1 aromatic heterocycles. The van der Waals surface area contributed by atoms with Crippen LogP contribution < -0.4 is 19.8 Å².